The molecule has 0 saturated carbocycles. The van der Waals surface area contributed by atoms with E-state index >= 15 is 0 Å². The molecule has 1 saturated heterocycles. The largest absolute Gasteiger partial charge is 0.496 e. The predicted octanol–water partition coefficient (Wildman–Crippen LogP) is 2.47. The van der Waals surface area contributed by atoms with E-state index in [0.717, 1.165) is 30.8 Å². The Morgan fingerprint density at radius 3 is 3.00 bits per heavy atom. The van der Waals surface area contributed by atoms with E-state index in [9.17, 15) is 0 Å². The van der Waals surface area contributed by atoms with E-state index < -0.39 is 0 Å². The Balaban J connectivity index is 1.99. The van der Waals surface area contributed by atoms with Crippen LogP contribution in [-0.2, 0) is 4.74 Å². The number of ether oxygens (including phenoxy) is 2. The minimum atomic E-state index is 0.152. The molecule has 0 aromatic heterocycles. The van der Waals surface area contributed by atoms with Gasteiger partial charge in [-0.15, -0.1) is 0 Å². The van der Waals surface area contributed by atoms with E-state index in [4.69, 9.17) is 15.3 Å². The van der Waals surface area contributed by atoms with Gasteiger partial charge in [0.1, 0.15) is 5.75 Å². The highest BCUT2D eigenvalue weighted by Crippen LogP contribution is 2.27. The fourth-order valence-electron chi connectivity index (χ4n) is 2.62. The van der Waals surface area contributed by atoms with E-state index in [1.54, 1.807) is 7.11 Å². The number of methoxy groups -OCH3 is 1. The maximum Gasteiger partial charge on any atom is 0.122 e. The Kier molecular flexibility index (Phi) is 5.19. The van der Waals surface area contributed by atoms with Gasteiger partial charge in [-0.2, -0.15) is 0 Å². The van der Waals surface area contributed by atoms with Crippen LogP contribution in [0.4, 0.5) is 0 Å². The smallest absolute Gasteiger partial charge is 0.122 e. The molecule has 2 unspecified atom stereocenters. The third-order valence-electron chi connectivity index (χ3n) is 3.84. The van der Waals surface area contributed by atoms with Crippen molar-refractivity contribution in [3.63, 3.8) is 0 Å². The third-order valence-corrected chi connectivity index (χ3v) is 3.84. The number of benzene rings is 1. The van der Waals surface area contributed by atoms with Crippen molar-refractivity contribution in [2.45, 2.75) is 44.8 Å². The second-order valence-corrected chi connectivity index (χ2v) is 5.16. The predicted molar refractivity (Wildman–Crippen MR) is 76.0 cm³/mol. The molecule has 2 rings (SSSR count). The molecule has 1 heterocycles. The molecule has 0 aliphatic carbocycles. The highest BCUT2D eigenvalue weighted by atomic mass is 16.5. The van der Waals surface area contributed by atoms with Crippen LogP contribution in [0.2, 0.25) is 0 Å². The number of hydrogen-bond acceptors (Lipinski definition) is 4. The van der Waals surface area contributed by atoms with Crippen LogP contribution in [0.3, 0.4) is 0 Å². The molecule has 1 aromatic carbocycles. The van der Waals surface area contributed by atoms with Gasteiger partial charge >= 0.3 is 0 Å². The first-order chi connectivity index (χ1) is 9.24. The van der Waals surface area contributed by atoms with Crippen LogP contribution < -0.4 is 16.0 Å². The van der Waals surface area contributed by atoms with Crippen LogP contribution >= 0.6 is 0 Å². The van der Waals surface area contributed by atoms with Gasteiger partial charge in [0.05, 0.1) is 13.2 Å². The summed E-state index contributed by atoms with van der Waals surface area (Å²) in [5, 5.41) is 0. The molecule has 0 amide bonds. The van der Waals surface area contributed by atoms with Crippen LogP contribution in [0.5, 0.6) is 5.75 Å². The summed E-state index contributed by atoms with van der Waals surface area (Å²) >= 11 is 0. The summed E-state index contributed by atoms with van der Waals surface area (Å²) in [5.41, 5.74) is 5.21. The average Bonchev–Trinajstić information content (AvgIpc) is 2.94. The molecule has 1 aliphatic heterocycles. The van der Waals surface area contributed by atoms with Crippen molar-refractivity contribution in [2.24, 2.45) is 5.84 Å². The number of aryl methyl sites for hydroxylation is 1. The first-order valence-electron chi connectivity index (χ1n) is 6.97. The Morgan fingerprint density at radius 1 is 1.53 bits per heavy atom. The van der Waals surface area contributed by atoms with Crippen LogP contribution in [0, 0.1) is 6.92 Å². The normalized spacial score (nSPS) is 20.5. The first-order valence-corrected chi connectivity index (χ1v) is 6.97. The van der Waals surface area contributed by atoms with E-state index in [1.807, 2.05) is 6.92 Å². The zero-order chi connectivity index (χ0) is 13.7. The Labute approximate surface area is 115 Å². The average molecular weight is 264 g/mol. The number of nitrogens with two attached hydrogens (primary N) is 1. The molecule has 1 aliphatic rings. The lowest BCUT2D eigenvalue weighted by Crippen LogP contribution is -2.28. The summed E-state index contributed by atoms with van der Waals surface area (Å²) in [6, 6.07) is 6.40. The quantitative estimate of drug-likeness (QED) is 0.612. The van der Waals surface area contributed by atoms with Gasteiger partial charge in [0.2, 0.25) is 0 Å². The molecule has 1 fully saturated rings. The van der Waals surface area contributed by atoms with Crippen LogP contribution in [0.1, 0.15) is 42.9 Å². The van der Waals surface area contributed by atoms with Gasteiger partial charge in [-0.1, -0.05) is 12.1 Å². The maximum atomic E-state index is 5.69. The lowest BCUT2D eigenvalue weighted by Gasteiger charge is -2.19. The summed E-state index contributed by atoms with van der Waals surface area (Å²) in [7, 11) is 1.70. The maximum absolute atomic E-state index is 5.69. The van der Waals surface area contributed by atoms with Crippen molar-refractivity contribution in [3.8, 4) is 5.75 Å². The van der Waals surface area contributed by atoms with E-state index in [1.165, 1.54) is 18.4 Å². The summed E-state index contributed by atoms with van der Waals surface area (Å²) < 4.78 is 11.0. The molecule has 0 bridgehead atoms. The van der Waals surface area contributed by atoms with Gasteiger partial charge in [-0.3, -0.25) is 11.3 Å². The number of hydrogen-bond donors (Lipinski definition) is 2. The third kappa shape index (κ3) is 3.69. The Morgan fingerprint density at radius 2 is 2.37 bits per heavy atom. The van der Waals surface area contributed by atoms with Gasteiger partial charge in [0, 0.05) is 12.6 Å². The summed E-state index contributed by atoms with van der Waals surface area (Å²) in [4.78, 5) is 0. The minimum Gasteiger partial charge on any atom is -0.496 e. The van der Waals surface area contributed by atoms with Gasteiger partial charge in [0.15, 0.2) is 0 Å². The molecule has 4 nitrogen and oxygen atoms in total. The summed E-state index contributed by atoms with van der Waals surface area (Å²) in [6.07, 6.45) is 4.79. The van der Waals surface area contributed by atoms with Crippen molar-refractivity contribution >= 4 is 0 Å². The molecule has 2 atom stereocenters. The molecule has 0 spiro atoms. The van der Waals surface area contributed by atoms with Crippen LogP contribution in [-0.4, -0.2) is 19.8 Å². The number of hydrazine groups is 1. The monoisotopic (exact) mass is 264 g/mol. The topological polar surface area (TPSA) is 56.5 Å². The molecular formula is C15H24N2O2. The molecule has 1 aromatic rings. The molecule has 19 heavy (non-hydrogen) atoms. The van der Waals surface area contributed by atoms with E-state index in [0.29, 0.717) is 6.10 Å². The van der Waals surface area contributed by atoms with Gasteiger partial charge in [0.25, 0.3) is 0 Å². The van der Waals surface area contributed by atoms with Crippen molar-refractivity contribution in [2.75, 3.05) is 13.7 Å². The second kappa shape index (κ2) is 6.89. The highest BCUT2D eigenvalue weighted by molar-refractivity contribution is 5.37. The zero-order valence-corrected chi connectivity index (χ0v) is 11.8. The van der Waals surface area contributed by atoms with Crippen molar-refractivity contribution in [1.82, 2.24) is 5.43 Å². The van der Waals surface area contributed by atoms with E-state index in [2.05, 4.69) is 23.6 Å². The first kappa shape index (κ1) is 14.3. The highest BCUT2D eigenvalue weighted by Gasteiger charge is 2.18. The molecule has 106 valence electrons. The second-order valence-electron chi connectivity index (χ2n) is 5.16. The zero-order valence-electron chi connectivity index (χ0n) is 11.8. The van der Waals surface area contributed by atoms with Crippen LogP contribution in [0.15, 0.2) is 18.2 Å². The van der Waals surface area contributed by atoms with Gasteiger partial charge in [-0.25, -0.2) is 0 Å². The molecule has 0 radical (unpaired) electrons. The fourth-order valence-corrected chi connectivity index (χ4v) is 2.62. The lowest BCUT2D eigenvalue weighted by atomic mass is 9.98. The Bertz CT molecular complexity index is 403. The molecular weight excluding hydrogens is 240 g/mol. The lowest BCUT2D eigenvalue weighted by molar-refractivity contribution is 0.0996. The summed E-state index contributed by atoms with van der Waals surface area (Å²) in [6.45, 7) is 2.95. The summed E-state index contributed by atoms with van der Waals surface area (Å²) in [5.74, 6) is 6.60. The number of rotatable bonds is 6. The molecule has 3 N–H and O–H groups in total. The van der Waals surface area contributed by atoms with Gasteiger partial charge in [-0.05, 0) is 49.8 Å². The Hall–Kier alpha value is -1.10. The minimum absolute atomic E-state index is 0.152. The van der Waals surface area contributed by atoms with Crippen molar-refractivity contribution < 1.29 is 9.47 Å². The number of nitrogens with one attached hydrogen (secondary N) is 1. The van der Waals surface area contributed by atoms with Crippen LogP contribution in [0.25, 0.3) is 0 Å². The fraction of sp³-hybridized carbons (Fsp3) is 0.600. The standard InChI is InChI=1S/C15H24N2O2/c1-11-5-6-12(10-15(11)18-2)14(17-16)8-7-13-4-3-9-19-13/h5-6,10,13-14,17H,3-4,7-9,16H2,1-2H3. The van der Waals surface area contributed by atoms with E-state index in [-0.39, 0.29) is 6.04 Å². The molecule has 4 heteroatoms. The SMILES string of the molecule is COc1cc(C(CCC2CCCO2)NN)ccc1C. The van der Waals surface area contributed by atoms with Crippen molar-refractivity contribution in [1.29, 1.82) is 0 Å². The van der Waals surface area contributed by atoms with Crippen molar-refractivity contribution in [3.05, 3.63) is 29.3 Å². The van der Waals surface area contributed by atoms with Gasteiger partial charge < -0.3 is 9.47 Å².